The standard InChI is InChI=1S/C27H32N2O5.Ca/c1-18(2)26-25(27(34)28-20-11-7-4-8-12-20)23(19-9-5-3-6-10-19)17-29(26)14-13-21(30)15-22(31)16-24(32)33;/h3-12,17-18,21-22,30-31H,13-16H2,1-2H3,(H,28,34)(H,32,33);. The number of hydrogen-bond acceptors (Lipinski definition) is 4. The molecule has 0 aliphatic heterocycles. The quantitative estimate of drug-likeness (QED) is 0.294. The average molecular weight is 505 g/mol. The van der Waals surface area contributed by atoms with E-state index < -0.39 is 24.6 Å². The van der Waals surface area contributed by atoms with Crippen LogP contribution in [-0.2, 0) is 11.3 Å². The fourth-order valence-corrected chi connectivity index (χ4v) is 4.17. The zero-order chi connectivity index (χ0) is 24.7. The first kappa shape index (κ1) is 29.1. The fraction of sp³-hybridized carbons (Fsp3) is 0.333. The van der Waals surface area contributed by atoms with Crippen LogP contribution in [0.2, 0.25) is 0 Å². The van der Waals surface area contributed by atoms with E-state index in [1.165, 1.54) is 0 Å². The predicted octanol–water partition coefficient (Wildman–Crippen LogP) is 4.13. The van der Waals surface area contributed by atoms with Gasteiger partial charge in [0.05, 0.1) is 24.2 Å². The van der Waals surface area contributed by atoms with E-state index in [0.29, 0.717) is 24.2 Å². The van der Waals surface area contributed by atoms with Gasteiger partial charge in [0.15, 0.2) is 0 Å². The van der Waals surface area contributed by atoms with Crippen LogP contribution in [-0.4, -0.2) is 81.7 Å². The summed E-state index contributed by atoms with van der Waals surface area (Å²) in [5, 5.41) is 32.0. The number of carbonyl (C=O) groups is 2. The number of rotatable bonds is 11. The molecule has 2 unspecified atom stereocenters. The number of aliphatic carboxylic acids is 1. The summed E-state index contributed by atoms with van der Waals surface area (Å²) in [7, 11) is 0. The van der Waals surface area contributed by atoms with E-state index in [1.54, 1.807) is 0 Å². The molecule has 0 aliphatic rings. The number of nitrogens with one attached hydrogen (secondary N) is 1. The van der Waals surface area contributed by atoms with Gasteiger partial charge in [-0.15, -0.1) is 0 Å². The molecule has 1 amide bonds. The Hall–Kier alpha value is -2.16. The van der Waals surface area contributed by atoms with E-state index >= 15 is 0 Å². The summed E-state index contributed by atoms with van der Waals surface area (Å²) in [6.07, 6.45) is -0.131. The van der Waals surface area contributed by atoms with Gasteiger partial charge in [0.25, 0.3) is 5.91 Å². The van der Waals surface area contributed by atoms with E-state index in [2.05, 4.69) is 5.32 Å². The molecule has 35 heavy (non-hydrogen) atoms. The third kappa shape index (κ3) is 8.19. The number of aliphatic hydroxyl groups is 2. The number of amides is 1. The first-order valence-corrected chi connectivity index (χ1v) is 11.5. The summed E-state index contributed by atoms with van der Waals surface area (Å²) in [5.41, 5.74) is 3.87. The maximum absolute atomic E-state index is 13.5. The molecule has 3 aromatic rings. The molecule has 0 spiro atoms. The summed E-state index contributed by atoms with van der Waals surface area (Å²) in [6, 6.07) is 19.0. The Kier molecular flexibility index (Phi) is 11.5. The molecule has 8 heteroatoms. The minimum absolute atomic E-state index is 0. The van der Waals surface area contributed by atoms with Gasteiger partial charge < -0.3 is 25.2 Å². The van der Waals surface area contributed by atoms with Gasteiger partial charge in [0, 0.05) is 67.4 Å². The third-order valence-electron chi connectivity index (χ3n) is 5.67. The Balaban J connectivity index is 0.00000432. The van der Waals surface area contributed by atoms with Crippen LogP contribution in [0.1, 0.15) is 55.1 Å². The molecule has 0 saturated heterocycles. The number of benzene rings is 2. The number of aliphatic hydroxyl groups excluding tert-OH is 2. The topological polar surface area (TPSA) is 112 Å². The maximum Gasteiger partial charge on any atom is 0.305 e. The van der Waals surface area contributed by atoms with E-state index in [0.717, 1.165) is 16.8 Å². The van der Waals surface area contributed by atoms with Gasteiger partial charge in [0.2, 0.25) is 0 Å². The van der Waals surface area contributed by atoms with Crippen LogP contribution < -0.4 is 5.32 Å². The number of aryl methyl sites for hydroxylation is 1. The monoisotopic (exact) mass is 504 g/mol. The van der Waals surface area contributed by atoms with Crippen molar-refractivity contribution in [3.63, 3.8) is 0 Å². The Labute approximate surface area is 235 Å². The zero-order valence-electron chi connectivity index (χ0n) is 20.2. The molecule has 2 atom stereocenters. The van der Waals surface area contributed by atoms with E-state index in [9.17, 15) is 19.8 Å². The minimum Gasteiger partial charge on any atom is -0.481 e. The van der Waals surface area contributed by atoms with Crippen LogP contribution in [0.3, 0.4) is 0 Å². The number of anilines is 1. The van der Waals surface area contributed by atoms with Crippen molar-refractivity contribution in [3.05, 3.63) is 78.1 Å². The van der Waals surface area contributed by atoms with Gasteiger partial charge in [-0.25, -0.2) is 0 Å². The van der Waals surface area contributed by atoms with E-state index in [-0.39, 0.29) is 56.0 Å². The second kappa shape index (κ2) is 13.8. The largest absolute Gasteiger partial charge is 0.481 e. The zero-order valence-corrected chi connectivity index (χ0v) is 22.4. The van der Waals surface area contributed by atoms with Gasteiger partial charge in [-0.3, -0.25) is 9.59 Å². The molecule has 2 aromatic carbocycles. The first-order chi connectivity index (χ1) is 16.3. The third-order valence-corrected chi connectivity index (χ3v) is 5.67. The molecule has 0 bridgehead atoms. The van der Waals surface area contributed by atoms with E-state index in [4.69, 9.17) is 5.11 Å². The molecule has 7 nitrogen and oxygen atoms in total. The van der Waals surface area contributed by atoms with Crippen LogP contribution in [0.5, 0.6) is 0 Å². The van der Waals surface area contributed by atoms with Crippen molar-refractivity contribution in [1.29, 1.82) is 0 Å². The Bertz CT molecular complexity index is 1100. The molecule has 1 aromatic heterocycles. The van der Waals surface area contributed by atoms with Crippen molar-refractivity contribution >= 4 is 55.3 Å². The van der Waals surface area contributed by atoms with Gasteiger partial charge in [-0.05, 0) is 36.5 Å². The summed E-state index contributed by atoms with van der Waals surface area (Å²) in [6.45, 7) is 4.47. The molecule has 0 fully saturated rings. The second-order valence-corrected chi connectivity index (χ2v) is 8.77. The average Bonchev–Trinajstić information content (AvgIpc) is 3.18. The summed E-state index contributed by atoms with van der Waals surface area (Å²) < 4.78 is 1.99. The molecule has 182 valence electrons. The van der Waals surface area contributed by atoms with Gasteiger partial charge >= 0.3 is 5.97 Å². The predicted molar refractivity (Wildman–Crippen MR) is 138 cm³/mol. The van der Waals surface area contributed by atoms with Crippen LogP contribution in [0.25, 0.3) is 11.1 Å². The van der Waals surface area contributed by atoms with Crippen molar-refractivity contribution in [2.24, 2.45) is 0 Å². The molecule has 0 saturated carbocycles. The van der Waals surface area contributed by atoms with Crippen molar-refractivity contribution in [3.8, 4) is 11.1 Å². The number of carboxylic acids is 1. The molecule has 1 heterocycles. The van der Waals surface area contributed by atoms with Gasteiger partial charge in [-0.1, -0.05) is 62.4 Å². The molecule has 2 radical (unpaired) electrons. The second-order valence-electron chi connectivity index (χ2n) is 8.77. The van der Waals surface area contributed by atoms with Crippen molar-refractivity contribution < 1.29 is 24.9 Å². The normalized spacial score (nSPS) is 12.6. The Morgan fingerprint density at radius 1 is 0.943 bits per heavy atom. The number of carbonyl (C=O) groups excluding carboxylic acids is 1. The van der Waals surface area contributed by atoms with E-state index in [1.807, 2.05) is 85.3 Å². The first-order valence-electron chi connectivity index (χ1n) is 11.5. The Morgan fingerprint density at radius 2 is 1.54 bits per heavy atom. The van der Waals surface area contributed by atoms with Crippen molar-refractivity contribution in [2.45, 2.75) is 57.8 Å². The molecular weight excluding hydrogens is 472 g/mol. The number of hydrogen-bond donors (Lipinski definition) is 4. The van der Waals surface area contributed by atoms with Crippen molar-refractivity contribution in [1.82, 2.24) is 4.57 Å². The summed E-state index contributed by atoms with van der Waals surface area (Å²) >= 11 is 0. The maximum atomic E-state index is 13.5. The SMILES string of the molecule is CC(C)c1c(C(=O)Nc2ccccc2)c(-c2ccccc2)cn1CCC(O)CC(O)CC(=O)O.[Ca]. The van der Waals surface area contributed by atoms with Gasteiger partial charge in [-0.2, -0.15) is 0 Å². The van der Waals surface area contributed by atoms with Crippen molar-refractivity contribution in [2.75, 3.05) is 5.32 Å². The van der Waals surface area contributed by atoms with Gasteiger partial charge in [0.1, 0.15) is 0 Å². The number of nitrogens with zero attached hydrogens (tertiary/aromatic N) is 1. The van der Waals surface area contributed by atoms with Crippen LogP contribution in [0.4, 0.5) is 5.69 Å². The molecule has 4 N–H and O–H groups in total. The number of carboxylic acid groups (broad SMARTS) is 1. The van der Waals surface area contributed by atoms with Crippen LogP contribution in [0.15, 0.2) is 66.9 Å². The van der Waals surface area contributed by atoms with Crippen LogP contribution in [0, 0.1) is 0 Å². The number of para-hydroxylation sites is 1. The van der Waals surface area contributed by atoms with Crippen LogP contribution >= 0.6 is 0 Å². The molecule has 3 rings (SSSR count). The smallest absolute Gasteiger partial charge is 0.305 e. The molecular formula is C27H32CaN2O5. The fourth-order valence-electron chi connectivity index (χ4n) is 4.17. The summed E-state index contributed by atoms with van der Waals surface area (Å²) in [4.78, 5) is 24.2. The number of aromatic nitrogens is 1. The summed E-state index contributed by atoms with van der Waals surface area (Å²) in [5.74, 6) is -1.28. The molecule has 0 aliphatic carbocycles. The minimum atomic E-state index is -1.10. The Morgan fingerprint density at radius 3 is 2.11 bits per heavy atom.